The van der Waals surface area contributed by atoms with Crippen LogP contribution in [0.3, 0.4) is 0 Å². The van der Waals surface area contributed by atoms with Gasteiger partial charge in [0.15, 0.2) is 0 Å². The van der Waals surface area contributed by atoms with Gasteiger partial charge in [-0.3, -0.25) is 0 Å². The van der Waals surface area contributed by atoms with Crippen molar-refractivity contribution in [2.45, 2.75) is 0 Å². The Morgan fingerprint density at radius 1 is 0.806 bits per heavy atom. The minimum absolute atomic E-state index is 0. The Hall–Kier alpha value is -3.41. The predicted molar refractivity (Wildman–Crippen MR) is 118 cm³/mol. The molecule has 0 fully saturated rings. The van der Waals surface area contributed by atoms with E-state index in [-0.39, 0.29) is 20.1 Å². The van der Waals surface area contributed by atoms with E-state index < -0.39 is 0 Å². The van der Waals surface area contributed by atoms with E-state index >= 15 is 0 Å². The van der Waals surface area contributed by atoms with Crippen molar-refractivity contribution in [3.8, 4) is 5.69 Å². The van der Waals surface area contributed by atoms with Gasteiger partial charge in [-0.1, -0.05) is 17.8 Å². The number of hydrogen-bond acceptors (Lipinski definition) is 4. The van der Waals surface area contributed by atoms with Gasteiger partial charge in [0.05, 0.1) is 11.0 Å². The molecule has 1 aliphatic heterocycles. The maximum atomic E-state index is 4.33. The summed E-state index contributed by atoms with van der Waals surface area (Å²) in [5.41, 5.74) is 4.16. The number of anilines is 1. The number of nitrogens with zero attached hydrogens (tertiary/aromatic N) is 6. The zero-order chi connectivity index (χ0) is 20.3. The molecule has 0 unspecified atom stereocenters. The molecule has 3 aromatic carbocycles. The van der Waals surface area contributed by atoms with Crippen LogP contribution in [-0.2, 0) is 20.1 Å². The fourth-order valence-electron chi connectivity index (χ4n) is 3.40. The zero-order valence-electron chi connectivity index (χ0n) is 16.8. The van der Waals surface area contributed by atoms with Gasteiger partial charge >= 0.3 is 20.1 Å². The third kappa shape index (κ3) is 4.10. The summed E-state index contributed by atoms with van der Waals surface area (Å²) >= 11 is 0. The molecule has 5 aromatic rings. The van der Waals surface area contributed by atoms with Crippen LogP contribution >= 0.6 is 0 Å². The molecule has 2 aromatic heterocycles. The van der Waals surface area contributed by atoms with Crippen molar-refractivity contribution in [3.63, 3.8) is 0 Å². The molecule has 1 aliphatic rings. The van der Waals surface area contributed by atoms with Crippen LogP contribution in [0.2, 0.25) is 0 Å². The van der Waals surface area contributed by atoms with Gasteiger partial charge in [-0.25, -0.2) is 0 Å². The molecule has 0 radical (unpaired) electrons. The summed E-state index contributed by atoms with van der Waals surface area (Å²) in [5, 5.41) is 4.26. The first kappa shape index (κ1) is 20.8. The minimum Gasteiger partial charge on any atom is -0.510 e. The van der Waals surface area contributed by atoms with Gasteiger partial charge in [0, 0.05) is 0 Å². The van der Waals surface area contributed by atoms with Crippen molar-refractivity contribution < 1.29 is 20.1 Å². The fourth-order valence-corrected chi connectivity index (χ4v) is 3.40. The summed E-state index contributed by atoms with van der Waals surface area (Å²) < 4.78 is 3.90. The second kappa shape index (κ2) is 9.16. The normalized spacial score (nSPS) is 12.7. The number of hydrogen-bond donors (Lipinski definition) is 0. The van der Waals surface area contributed by atoms with Gasteiger partial charge in [0.2, 0.25) is 5.78 Å². The first-order valence-electron chi connectivity index (χ1n) is 9.58. The molecule has 154 valence electrons. The maximum Gasteiger partial charge on any atom is 3.00 e. The van der Waals surface area contributed by atoms with E-state index in [0.29, 0.717) is 0 Å². The number of para-hydroxylation sites is 4. The molecule has 0 saturated carbocycles. The van der Waals surface area contributed by atoms with Crippen molar-refractivity contribution in [2.24, 2.45) is 0 Å². The number of imidazole rings is 1. The van der Waals surface area contributed by atoms with Crippen LogP contribution in [0.15, 0.2) is 91.5 Å². The number of benzene rings is 3. The van der Waals surface area contributed by atoms with E-state index in [1.807, 2.05) is 107 Å². The van der Waals surface area contributed by atoms with Gasteiger partial charge in [-0.05, 0) is 31.6 Å². The van der Waals surface area contributed by atoms with Gasteiger partial charge in [-0.2, -0.15) is 75.9 Å². The van der Waals surface area contributed by atoms with E-state index in [1.165, 1.54) is 0 Å². The molecule has 0 saturated heterocycles. The summed E-state index contributed by atoms with van der Waals surface area (Å²) in [4.78, 5) is 8.36. The molecule has 31 heavy (non-hydrogen) atoms. The average Bonchev–Trinajstić information content (AvgIpc) is 3.51. The zero-order valence-corrected chi connectivity index (χ0v) is 19.1. The average molecular weight is 584 g/mol. The third-order valence-electron chi connectivity index (χ3n) is 4.75. The number of aromatic nitrogens is 4. The Balaban J connectivity index is 0.000000156. The quantitative estimate of drug-likeness (QED) is 0.291. The Kier molecular flexibility index (Phi) is 6.16. The molecule has 0 N–H and O–H groups in total. The van der Waals surface area contributed by atoms with Crippen molar-refractivity contribution in [2.75, 3.05) is 11.9 Å². The van der Waals surface area contributed by atoms with Crippen molar-refractivity contribution >= 4 is 22.5 Å². The SMILES string of the molecule is CN1C=CN(c2[c-]cccc2)[CH-]1.[Ir+3].[c-]1ccccc1-n1c2ccccc2n2ncnc12. The monoisotopic (exact) mass is 584 g/mol. The van der Waals surface area contributed by atoms with Crippen LogP contribution in [0, 0.1) is 18.8 Å². The van der Waals surface area contributed by atoms with Crippen molar-refractivity contribution in [3.05, 3.63) is 110 Å². The van der Waals surface area contributed by atoms with Gasteiger partial charge in [0.1, 0.15) is 6.33 Å². The molecule has 0 atom stereocenters. The van der Waals surface area contributed by atoms with E-state index in [9.17, 15) is 0 Å². The molecule has 0 bridgehead atoms. The smallest absolute Gasteiger partial charge is 0.510 e. The van der Waals surface area contributed by atoms with Crippen LogP contribution in [-0.4, -0.2) is 31.1 Å². The molecule has 3 heterocycles. The van der Waals surface area contributed by atoms with Crippen LogP contribution in [0.25, 0.3) is 22.5 Å². The van der Waals surface area contributed by atoms with Crippen molar-refractivity contribution in [1.82, 2.24) is 24.1 Å². The van der Waals surface area contributed by atoms with Gasteiger partial charge < -0.3 is 14.4 Å². The second-order valence-electron chi connectivity index (χ2n) is 6.78. The summed E-state index contributed by atoms with van der Waals surface area (Å²) in [7, 11) is 2.00. The Morgan fingerprint density at radius 2 is 1.48 bits per heavy atom. The third-order valence-corrected chi connectivity index (χ3v) is 4.75. The largest absolute Gasteiger partial charge is 3.00 e. The molecular formula is C24H19IrN6. The van der Waals surface area contributed by atoms with Crippen molar-refractivity contribution in [1.29, 1.82) is 0 Å². The predicted octanol–water partition coefficient (Wildman–Crippen LogP) is 4.30. The van der Waals surface area contributed by atoms with Crippen LogP contribution in [0.5, 0.6) is 0 Å². The summed E-state index contributed by atoms with van der Waals surface area (Å²) in [6.45, 7) is 2.01. The minimum atomic E-state index is 0. The van der Waals surface area contributed by atoms with E-state index in [1.54, 1.807) is 6.33 Å². The topological polar surface area (TPSA) is 41.6 Å². The number of fused-ring (bicyclic) bond motifs is 3. The maximum absolute atomic E-state index is 4.33. The molecule has 0 aliphatic carbocycles. The second-order valence-corrected chi connectivity index (χ2v) is 6.78. The summed E-state index contributed by atoms with van der Waals surface area (Å²) in [5.74, 6) is 0.804. The first-order valence-corrected chi connectivity index (χ1v) is 9.58. The Labute approximate surface area is 194 Å². The summed E-state index contributed by atoms with van der Waals surface area (Å²) in [6.07, 6.45) is 5.58. The molecule has 7 heteroatoms. The van der Waals surface area contributed by atoms with Crippen LogP contribution in [0.1, 0.15) is 0 Å². The first-order chi connectivity index (χ1) is 14.8. The summed E-state index contributed by atoms with van der Waals surface area (Å²) in [6, 6.07) is 30.3. The molecular weight excluding hydrogens is 565 g/mol. The van der Waals surface area contributed by atoms with Gasteiger partial charge in [-0.15, -0.1) is 11.8 Å². The molecule has 6 rings (SSSR count). The van der Waals surface area contributed by atoms with E-state index in [0.717, 1.165) is 28.2 Å². The molecule has 0 spiro atoms. The van der Waals surface area contributed by atoms with E-state index in [2.05, 4.69) is 32.8 Å². The standard InChI is InChI=1S/C14H9N4.C10H10N2.Ir/c1-2-6-11(7-3-1)17-12-8-4-5-9-13(12)18-14(17)15-10-16-18;1-11-7-8-12(9-11)10-5-3-2-4-6-10;/h1-6,8-10H;2-5,7-9H,1H3;/q-1;-2;+3. The molecule has 0 amide bonds. The van der Waals surface area contributed by atoms with E-state index in [4.69, 9.17) is 0 Å². The molecule has 6 nitrogen and oxygen atoms in total. The van der Waals surface area contributed by atoms with Crippen LogP contribution in [0.4, 0.5) is 5.69 Å². The Bertz CT molecular complexity index is 1290. The van der Waals surface area contributed by atoms with Gasteiger partial charge in [0.25, 0.3) is 0 Å². The Morgan fingerprint density at radius 3 is 2.13 bits per heavy atom. The number of rotatable bonds is 2. The fraction of sp³-hybridized carbons (Fsp3) is 0.0417. The van der Waals surface area contributed by atoms with Crippen LogP contribution < -0.4 is 4.90 Å².